The molecule has 0 bridgehead atoms. The number of hydrogen-bond acceptors (Lipinski definition) is 4. The van der Waals surface area contributed by atoms with E-state index in [0.29, 0.717) is 40.2 Å². The minimum atomic E-state index is -1.84. The van der Waals surface area contributed by atoms with Gasteiger partial charge in [0.15, 0.2) is 0 Å². The number of aliphatic hydroxyl groups is 1. The first-order valence-electron chi connectivity index (χ1n) is 12.7. The maximum atomic E-state index is 13.1. The van der Waals surface area contributed by atoms with Gasteiger partial charge in [-0.05, 0) is 65.4 Å². The number of aliphatic carboxylic acids is 1. The van der Waals surface area contributed by atoms with Gasteiger partial charge in [0.05, 0.1) is 12.7 Å². The molecule has 0 spiro atoms. The summed E-state index contributed by atoms with van der Waals surface area (Å²) in [7, 11) is 0.0310. The molecule has 2 N–H and O–H groups in total. The van der Waals surface area contributed by atoms with Crippen LogP contribution in [0.4, 0.5) is 0 Å². The van der Waals surface area contributed by atoms with Crippen LogP contribution in [0.2, 0.25) is 13.1 Å². The Kier molecular flexibility index (Phi) is 7.10. The highest BCUT2D eigenvalue weighted by atomic mass is 28.3. The van der Waals surface area contributed by atoms with Crippen molar-refractivity contribution in [1.29, 1.82) is 0 Å². The van der Waals surface area contributed by atoms with Crippen molar-refractivity contribution in [3.63, 3.8) is 0 Å². The average molecular weight is 517 g/mol. The van der Waals surface area contributed by atoms with E-state index in [0.717, 1.165) is 16.7 Å². The van der Waals surface area contributed by atoms with Crippen molar-refractivity contribution in [3.8, 4) is 11.5 Å². The van der Waals surface area contributed by atoms with Crippen molar-refractivity contribution in [1.82, 2.24) is 0 Å². The fourth-order valence-electron chi connectivity index (χ4n) is 5.14. The van der Waals surface area contributed by atoms with E-state index in [4.69, 9.17) is 9.16 Å². The maximum absolute atomic E-state index is 13.1. The quantitative estimate of drug-likeness (QED) is 0.374. The van der Waals surface area contributed by atoms with Gasteiger partial charge in [-0.3, -0.25) is 0 Å². The van der Waals surface area contributed by atoms with Crippen LogP contribution in [0.1, 0.15) is 61.1 Å². The molecule has 0 radical (unpaired) electrons. The number of carboxylic acid groups (broad SMARTS) is 1. The van der Waals surface area contributed by atoms with Gasteiger partial charge in [-0.2, -0.15) is 0 Å². The molecule has 0 heterocycles. The fourth-order valence-corrected chi connectivity index (χ4v) is 5.84. The van der Waals surface area contributed by atoms with Crippen LogP contribution in [0.5, 0.6) is 11.5 Å². The van der Waals surface area contributed by atoms with Crippen LogP contribution in [0.3, 0.4) is 0 Å². The number of methoxy groups -OCH3 is 1. The molecule has 194 valence electrons. The summed E-state index contributed by atoms with van der Waals surface area (Å²) in [5.41, 5.74) is 3.08. The van der Waals surface area contributed by atoms with Gasteiger partial charge in [0.2, 0.25) is 9.04 Å². The summed E-state index contributed by atoms with van der Waals surface area (Å²) >= 11 is 0. The molecule has 0 amide bonds. The van der Waals surface area contributed by atoms with Gasteiger partial charge < -0.3 is 19.4 Å². The van der Waals surface area contributed by atoms with E-state index in [1.54, 1.807) is 31.4 Å². The minimum Gasteiger partial charge on any atom is -0.547 e. The second-order valence-electron chi connectivity index (χ2n) is 10.8. The first-order valence-corrected chi connectivity index (χ1v) is 15.5. The van der Waals surface area contributed by atoms with Crippen molar-refractivity contribution >= 4 is 20.6 Å². The Hall–Kier alpha value is -3.35. The van der Waals surface area contributed by atoms with Crippen LogP contribution < -0.4 is 9.16 Å². The van der Waals surface area contributed by atoms with Gasteiger partial charge in [0.1, 0.15) is 17.1 Å². The zero-order valence-corrected chi connectivity index (χ0v) is 23.8. The topological polar surface area (TPSA) is 76.0 Å². The molecule has 5 nitrogen and oxygen atoms in total. The highest BCUT2D eigenvalue weighted by molar-refractivity contribution is 6.49. The van der Waals surface area contributed by atoms with Gasteiger partial charge in [0, 0.05) is 16.7 Å². The highest BCUT2D eigenvalue weighted by Gasteiger charge is 2.50. The number of aryl methyl sites for hydroxylation is 1. The number of hydrogen-bond donors (Lipinski definition) is 2. The van der Waals surface area contributed by atoms with Gasteiger partial charge in [0.25, 0.3) is 0 Å². The van der Waals surface area contributed by atoms with E-state index >= 15 is 0 Å². The third-order valence-corrected chi connectivity index (χ3v) is 7.71. The Morgan fingerprint density at radius 2 is 1.70 bits per heavy atom. The lowest BCUT2D eigenvalue weighted by atomic mass is 9.82. The van der Waals surface area contributed by atoms with E-state index < -0.39 is 20.6 Å². The first-order chi connectivity index (χ1) is 17.4. The Bertz CT molecular complexity index is 1370. The molecule has 1 aliphatic carbocycles. The summed E-state index contributed by atoms with van der Waals surface area (Å²) in [6.45, 7) is 12.6. The molecule has 37 heavy (non-hydrogen) atoms. The van der Waals surface area contributed by atoms with E-state index in [2.05, 4.69) is 33.9 Å². The summed E-state index contributed by atoms with van der Waals surface area (Å²) in [4.78, 5) is 13.1. The summed E-state index contributed by atoms with van der Waals surface area (Å²) in [6, 6.07) is 18.7. The lowest BCUT2D eigenvalue weighted by Crippen LogP contribution is -2.31. The maximum Gasteiger partial charge on any atom is 0.335 e. The molecule has 0 saturated carbocycles. The normalized spacial score (nSPS) is 17.2. The number of rotatable bonds is 7. The number of fused-ring (bicyclic) bond motifs is 1. The molecule has 1 atom stereocenters. The Balaban J connectivity index is 2.12. The van der Waals surface area contributed by atoms with Crippen molar-refractivity contribution in [2.24, 2.45) is 0 Å². The lowest BCUT2D eigenvalue weighted by molar-refractivity contribution is -0.134. The van der Waals surface area contributed by atoms with Crippen LogP contribution in [-0.2, 0) is 22.2 Å². The summed E-state index contributed by atoms with van der Waals surface area (Å²) in [5, 5.41) is 23.1. The van der Waals surface area contributed by atoms with Gasteiger partial charge in [-0.25, -0.2) is 4.79 Å². The molecule has 1 unspecified atom stereocenters. The number of carboxylic acids is 1. The number of carbonyl (C=O) groups is 1. The van der Waals surface area contributed by atoms with Crippen LogP contribution in [-0.4, -0.2) is 32.3 Å². The van der Waals surface area contributed by atoms with Gasteiger partial charge in [-0.1, -0.05) is 70.2 Å². The van der Waals surface area contributed by atoms with Crippen molar-refractivity contribution in [3.05, 3.63) is 99.6 Å². The first kappa shape index (κ1) is 26.7. The molecule has 0 fully saturated rings. The van der Waals surface area contributed by atoms with Crippen LogP contribution in [0.25, 0.3) is 5.57 Å². The smallest absolute Gasteiger partial charge is 0.335 e. The predicted octanol–water partition coefficient (Wildman–Crippen LogP) is 6.05. The zero-order valence-electron chi connectivity index (χ0n) is 22.7. The molecule has 1 aliphatic rings. The monoisotopic (exact) mass is 516 g/mol. The molecule has 6 heteroatoms. The number of benzene rings is 3. The van der Waals surface area contributed by atoms with Crippen LogP contribution in [0, 0.1) is 0 Å². The standard InChI is InChI=1S/C31H36O5Si/c1-8-19-10-9-11-24-26(19)27(23-17-14-21(30(2,3)4)18-25(23)36-37(6)7)28(29(32)33)31(24,34)20-12-15-22(35-5)16-13-20/h9-18,34,37H,8H2,1-7H3,(H,32,33). The largest absolute Gasteiger partial charge is 0.547 e. The van der Waals surface area contributed by atoms with Crippen molar-refractivity contribution < 1.29 is 24.2 Å². The Morgan fingerprint density at radius 3 is 2.24 bits per heavy atom. The lowest BCUT2D eigenvalue weighted by Gasteiger charge is -2.27. The molecule has 3 aromatic rings. The Morgan fingerprint density at radius 1 is 1.03 bits per heavy atom. The van der Waals surface area contributed by atoms with Gasteiger partial charge >= 0.3 is 5.97 Å². The summed E-state index contributed by atoms with van der Waals surface area (Å²) in [5.74, 6) is 0.127. The fraction of sp³-hybridized carbons (Fsp3) is 0.323. The second-order valence-corrected chi connectivity index (χ2v) is 13.1. The van der Waals surface area contributed by atoms with Crippen molar-refractivity contribution in [2.45, 2.75) is 58.2 Å². The molecule has 0 saturated heterocycles. The third-order valence-electron chi connectivity index (χ3n) is 6.98. The van der Waals surface area contributed by atoms with Crippen LogP contribution in [0.15, 0.2) is 66.2 Å². The highest BCUT2D eigenvalue weighted by Crippen LogP contribution is 2.54. The third kappa shape index (κ3) is 4.60. The summed E-state index contributed by atoms with van der Waals surface area (Å²) in [6.07, 6.45) is 0.688. The van der Waals surface area contributed by atoms with E-state index in [9.17, 15) is 15.0 Å². The molecule has 0 aliphatic heterocycles. The average Bonchev–Trinajstić information content (AvgIpc) is 3.13. The molecular formula is C31H36O5Si. The predicted molar refractivity (Wildman–Crippen MR) is 150 cm³/mol. The molecule has 4 rings (SSSR count). The molecule has 0 aromatic heterocycles. The van der Waals surface area contributed by atoms with E-state index in [-0.39, 0.29) is 11.0 Å². The van der Waals surface area contributed by atoms with Crippen molar-refractivity contribution in [2.75, 3.05) is 7.11 Å². The molecule has 3 aromatic carbocycles. The van der Waals surface area contributed by atoms with Crippen LogP contribution >= 0.6 is 0 Å². The summed E-state index contributed by atoms with van der Waals surface area (Å²) < 4.78 is 11.7. The van der Waals surface area contributed by atoms with Gasteiger partial charge in [-0.15, -0.1) is 0 Å². The van der Waals surface area contributed by atoms with E-state index in [1.165, 1.54) is 0 Å². The zero-order chi connectivity index (χ0) is 27.1. The Labute approximate surface area is 221 Å². The number of ether oxygens (including phenoxy) is 1. The SMILES string of the molecule is CCc1cccc2c1C(c1ccc(C(C)(C)C)cc1O[SiH](C)C)=C(C(=O)O)C2(O)c1ccc(OC)cc1. The second kappa shape index (κ2) is 9.84. The molecular weight excluding hydrogens is 480 g/mol. The minimum absolute atomic E-state index is 0.0626. The van der Waals surface area contributed by atoms with E-state index in [1.807, 2.05) is 43.3 Å².